The van der Waals surface area contributed by atoms with Gasteiger partial charge in [-0.2, -0.15) is 0 Å². The molecule has 0 spiro atoms. The van der Waals surface area contributed by atoms with E-state index >= 15 is 0 Å². The molecule has 1 aromatic rings. The van der Waals surface area contributed by atoms with Crippen LogP contribution in [0.1, 0.15) is 11.6 Å². The third-order valence-electron chi connectivity index (χ3n) is 1.81. The van der Waals surface area contributed by atoms with Gasteiger partial charge in [-0.1, -0.05) is 22.0 Å². The molecule has 0 aliphatic heterocycles. The highest BCUT2D eigenvalue weighted by Gasteiger charge is 2.17. The number of carboxylic acids is 1. The first-order valence-corrected chi connectivity index (χ1v) is 4.67. The van der Waals surface area contributed by atoms with Crippen molar-refractivity contribution in [1.29, 1.82) is 0 Å². The first-order chi connectivity index (χ1) is 6.56. The van der Waals surface area contributed by atoms with Gasteiger partial charge in [-0.3, -0.25) is 4.79 Å². The molecule has 0 saturated heterocycles. The lowest BCUT2D eigenvalue weighted by atomic mass is 10.1. The van der Waals surface area contributed by atoms with Gasteiger partial charge in [0.2, 0.25) is 0 Å². The Morgan fingerprint density at radius 1 is 1.64 bits per heavy atom. The SMILES string of the molecule is COc1ccc([C@H](N)C(=O)O)c(Br)c1. The fourth-order valence-corrected chi connectivity index (χ4v) is 1.62. The van der Waals surface area contributed by atoms with Crippen molar-refractivity contribution in [1.82, 2.24) is 0 Å². The summed E-state index contributed by atoms with van der Waals surface area (Å²) in [6.45, 7) is 0. The number of aliphatic carboxylic acids is 1. The number of methoxy groups -OCH3 is 1. The number of ether oxygens (including phenoxy) is 1. The number of carboxylic acid groups (broad SMARTS) is 1. The number of nitrogens with two attached hydrogens (primary N) is 1. The van der Waals surface area contributed by atoms with E-state index in [1.165, 1.54) is 0 Å². The minimum atomic E-state index is -1.06. The average Bonchev–Trinajstić information content (AvgIpc) is 2.16. The third kappa shape index (κ3) is 2.24. The largest absolute Gasteiger partial charge is 0.497 e. The van der Waals surface area contributed by atoms with E-state index in [-0.39, 0.29) is 0 Å². The zero-order valence-corrected chi connectivity index (χ0v) is 9.11. The molecule has 1 atom stereocenters. The molecule has 0 fully saturated rings. The summed E-state index contributed by atoms with van der Waals surface area (Å²) in [6.07, 6.45) is 0. The predicted molar refractivity (Wildman–Crippen MR) is 55.3 cm³/mol. The van der Waals surface area contributed by atoms with Gasteiger partial charge in [0.05, 0.1) is 7.11 Å². The Morgan fingerprint density at radius 3 is 2.71 bits per heavy atom. The number of hydrogen-bond donors (Lipinski definition) is 2. The number of carbonyl (C=O) groups is 1. The minimum Gasteiger partial charge on any atom is -0.497 e. The van der Waals surface area contributed by atoms with Crippen LogP contribution < -0.4 is 10.5 Å². The van der Waals surface area contributed by atoms with Gasteiger partial charge >= 0.3 is 5.97 Å². The first kappa shape index (κ1) is 11.0. The Hall–Kier alpha value is -1.07. The van der Waals surface area contributed by atoms with Gasteiger partial charge in [0.25, 0.3) is 0 Å². The maximum absolute atomic E-state index is 10.6. The molecule has 0 heterocycles. The highest BCUT2D eigenvalue weighted by Crippen LogP contribution is 2.26. The van der Waals surface area contributed by atoms with Crippen molar-refractivity contribution in [3.8, 4) is 5.75 Å². The Morgan fingerprint density at radius 2 is 2.29 bits per heavy atom. The molecule has 76 valence electrons. The van der Waals surface area contributed by atoms with Gasteiger partial charge in [0.1, 0.15) is 11.8 Å². The molecule has 0 aliphatic carbocycles. The van der Waals surface area contributed by atoms with Gasteiger partial charge in [-0.15, -0.1) is 0 Å². The van der Waals surface area contributed by atoms with Gasteiger partial charge in [-0.25, -0.2) is 0 Å². The molecule has 0 aromatic heterocycles. The Balaban J connectivity index is 3.05. The van der Waals surface area contributed by atoms with Crippen LogP contribution in [0.3, 0.4) is 0 Å². The van der Waals surface area contributed by atoms with E-state index in [0.29, 0.717) is 15.8 Å². The molecule has 0 radical (unpaired) electrons. The van der Waals surface area contributed by atoms with Crippen LogP contribution in [-0.4, -0.2) is 18.2 Å². The maximum Gasteiger partial charge on any atom is 0.325 e. The van der Waals surface area contributed by atoms with Crippen molar-refractivity contribution in [3.05, 3.63) is 28.2 Å². The zero-order chi connectivity index (χ0) is 10.7. The van der Waals surface area contributed by atoms with Crippen molar-refractivity contribution in [2.75, 3.05) is 7.11 Å². The van der Waals surface area contributed by atoms with E-state index in [1.54, 1.807) is 25.3 Å². The van der Waals surface area contributed by atoms with Crippen molar-refractivity contribution in [2.24, 2.45) is 5.73 Å². The number of rotatable bonds is 3. The minimum absolute atomic E-state index is 0.526. The monoisotopic (exact) mass is 259 g/mol. The van der Waals surface area contributed by atoms with E-state index in [9.17, 15) is 4.79 Å². The smallest absolute Gasteiger partial charge is 0.325 e. The van der Waals surface area contributed by atoms with E-state index < -0.39 is 12.0 Å². The lowest BCUT2D eigenvalue weighted by Crippen LogP contribution is -2.20. The topological polar surface area (TPSA) is 72.5 Å². The predicted octanol–water partition coefficient (Wildman–Crippen LogP) is 1.54. The van der Waals surface area contributed by atoms with Crippen molar-refractivity contribution in [2.45, 2.75) is 6.04 Å². The molecule has 0 aliphatic rings. The summed E-state index contributed by atoms with van der Waals surface area (Å²) in [6, 6.07) is 3.96. The molecule has 3 N–H and O–H groups in total. The van der Waals surface area contributed by atoms with Crippen molar-refractivity contribution in [3.63, 3.8) is 0 Å². The summed E-state index contributed by atoms with van der Waals surface area (Å²) < 4.78 is 5.60. The van der Waals surface area contributed by atoms with E-state index in [2.05, 4.69) is 15.9 Å². The molecule has 5 heteroatoms. The van der Waals surface area contributed by atoms with Crippen molar-refractivity contribution < 1.29 is 14.6 Å². The summed E-state index contributed by atoms with van der Waals surface area (Å²) in [7, 11) is 1.54. The molecule has 0 amide bonds. The second-order valence-corrected chi connectivity index (χ2v) is 3.56. The van der Waals surface area contributed by atoms with E-state index in [1.807, 2.05) is 0 Å². The third-order valence-corrected chi connectivity index (χ3v) is 2.50. The van der Waals surface area contributed by atoms with Gasteiger partial charge in [-0.05, 0) is 17.7 Å². The van der Waals surface area contributed by atoms with E-state index in [4.69, 9.17) is 15.6 Å². The lowest BCUT2D eigenvalue weighted by Gasteiger charge is -2.10. The fourth-order valence-electron chi connectivity index (χ4n) is 1.02. The second kappa shape index (κ2) is 4.43. The molecular formula is C9H10BrNO3. The normalized spacial score (nSPS) is 12.2. The quantitative estimate of drug-likeness (QED) is 0.864. The van der Waals surface area contributed by atoms with Crippen LogP contribution in [0.2, 0.25) is 0 Å². The molecule has 4 nitrogen and oxygen atoms in total. The highest BCUT2D eigenvalue weighted by molar-refractivity contribution is 9.10. The molecule has 0 saturated carbocycles. The van der Waals surface area contributed by atoms with Crippen LogP contribution in [0, 0.1) is 0 Å². The van der Waals surface area contributed by atoms with Gasteiger partial charge < -0.3 is 15.6 Å². The number of hydrogen-bond acceptors (Lipinski definition) is 3. The molecule has 1 rings (SSSR count). The second-order valence-electron chi connectivity index (χ2n) is 2.70. The Labute approximate surface area is 89.8 Å². The maximum atomic E-state index is 10.6. The van der Waals surface area contributed by atoms with Crippen LogP contribution in [0.25, 0.3) is 0 Å². The van der Waals surface area contributed by atoms with Crippen LogP contribution in [-0.2, 0) is 4.79 Å². The summed E-state index contributed by atoms with van der Waals surface area (Å²) in [5, 5.41) is 8.71. The van der Waals surface area contributed by atoms with Gasteiger partial charge in [0, 0.05) is 4.47 Å². The lowest BCUT2D eigenvalue weighted by molar-refractivity contribution is -0.138. The molecule has 0 bridgehead atoms. The zero-order valence-electron chi connectivity index (χ0n) is 7.53. The van der Waals surface area contributed by atoms with E-state index in [0.717, 1.165) is 0 Å². The average molecular weight is 260 g/mol. The summed E-state index contributed by atoms with van der Waals surface area (Å²) >= 11 is 3.23. The highest BCUT2D eigenvalue weighted by atomic mass is 79.9. The molecule has 14 heavy (non-hydrogen) atoms. The fraction of sp³-hybridized carbons (Fsp3) is 0.222. The van der Waals surface area contributed by atoms with Crippen molar-refractivity contribution >= 4 is 21.9 Å². The van der Waals surface area contributed by atoms with Crippen LogP contribution >= 0.6 is 15.9 Å². The van der Waals surface area contributed by atoms with Gasteiger partial charge in [0.15, 0.2) is 0 Å². The molecule has 0 unspecified atom stereocenters. The van der Waals surface area contributed by atoms with Crippen LogP contribution in [0.4, 0.5) is 0 Å². The Bertz CT molecular complexity index is 354. The number of benzene rings is 1. The Kier molecular flexibility index (Phi) is 3.49. The van der Waals surface area contributed by atoms with Crippen LogP contribution in [0.15, 0.2) is 22.7 Å². The summed E-state index contributed by atoms with van der Waals surface area (Å²) in [5.74, 6) is -0.408. The summed E-state index contributed by atoms with van der Waals surface area (Å²) in [4.78, 5) is 10.6. The van der Waals surface area contributed by atoms with Crippen LogP contribution in [0.5, 0.6) is 5.75 Å². The number of halogens is 1. The molecule has 1 aromatic carbocycles. The standard InChI is InChI=1S/C9H10BrNO3/c1-14-5-2-3-6(7(10)4-5)8(11)9(12)13/h2-4,8H,11H2,1H3,(H,12,13)/t8-/m0/s1. The summed E-state index contributed by atoms with van der Waals surface area (Å²) in [5.41, 5.74) is 5.99. The molecular weight excluding hydrogens is 250 g/mol. The first-order valence-electron chi connectivity index (χ1n) is 3.88.